The van der Waals surface area contributed by atoms with Crippen LogP contribution in [0.5, 0.6) is 0 Å². The third-order valence-corrected chi connectivity index (χ3v) is 11.7. The fourth-order valence-electron chi connectivity index (χ4n) is 3.10. The molecule has 0 fully saturated rings. The van der Waals surface area contributed by atoms with E-state index in [4.69, 9.17) is 14.5 Å². The first-order valence-electron chi connectivity index (χ1n) is 9.89. The summed E-state index contributed by atoms with van der Waals surface area (Å²) >= 11 is 2.31. The smallest absolute Gasteiger partial charge is 0.250 e. The number of nitrogens with zero attached hydrogens (tertiary/aromatic N) is 3. The molecule has 0 amide bonds. The van der Waals surface area contributed by atoms with Crippen LogP contribution >= 0.6 is 47.2 Å². The van der Waals surface area contributed by atoms with Gasteiger partial charge in [-0.15, -0.1) is 4.19 Å². The van der Waals surface area contributed by atoms with Crippen LogP contribution in [0.15, 0.2) is 0 Å². The van der Waals surface area contributed by atoms with Crippen LogP contribution in [0.1, 0.15) is 83.1 Å². The molecule has 0 spiro atoms. The van der Waals surface area contributed by atoms with Gasteiger partial charge in [-0.3, -0.25) is 4.84 Å². The molecule has 8 nitrogen and oxygen atoms in total. The van der Waals surface area contributed by atoms with E-state index in [1.165, 1.54) is 5.23 Å². The van der Waals surface area contributed by atoms with Crippen LogP contribution in [-0.4, -0.2) is 49.4 Å². The highest BCUT2D eigenvalue weighted by Gasteiger charge is 2.53. The summed E-state index contributed by atoms with van der Waals surface area (Å²) in [5, 5.41) is 14.7. The normalized spacial score (nSPS) is 18.5. The number of hydrogen-bond acceptors (Lipinski definition) is 6. The van der Waals surface area contributed by atoms with Gasteiger partial charge in [0.05, 0.1) is 12.6 Å². The molecule has 0 aliphatic carbocycles. The standard InChI is InChI=1S/C18H45IN4O4P3/c1-14(2,3)20(24)16(7,8)21(28)17(9,10)22(25-13)26-18(11,12)23(29,30-19)27-15(4,5)6/h20,30H,28-29H2,1-13H3/q+1. The zero-order valence-corrected chi connectivity index (χ0v) is 26.5. The molecule has 0 saturated carbocycles. The Labute approximate surface area is 203 Å². The molecule has 0 heterocycles. The molecule has 0 radical (unpaired) electrons. The molecule has 5 atom stereocenters. The first-order chi connectivity index (χ1) is 13.0. The molecule has 0 aromatic heterocycles. The zero-order valence-electron chi connectivity index (χ0n) is 21.0. The molecule has 0 aromatic rings. The van der Waals surface area contributed by atoms with Gasteiger partial charge in [-0.05, 0) is 60.6 Å². The Kier molecular flexibility index (Phi) is 11.1. The minimum atomic E-state index is -0.811. The van der Waals surface area contributed by atoms with Crippen molar-refractivity contribution in [2.45, 2.75) is 111 Å². The maximum atomic E-state index is 13.2. The quantitative estimate of drug-likeness (QED) is 0.172. The largest absolute Gasteiger partial charge is 0.633 e. The van der Waals surface area contributed by atoms with Gasteiger partial charge in [0.2, 0.25) is 5.72 Å². The van der Waals surface area contributed by atoms with Gasteiger partial charge in [0.15, 0.2) is 12.0 Å². The summed E-state index contributed by atoms with van der Waals surface area (Å²) in [6, 6.07) is 0. The van der Waals surface area contributed by atoms with Crippen LogP contribution in [-0.2, 0) is 14.5 Å². The summed E-state index contributed by atoms with van der Waals surface area (Å²) in [6.45, 7) is 23.5. The van der Waals surface area contributed by atoms with E-state index in [0.29, 0.717) is 6.37 Å². The predicted octanol–water partition coefficient (Wildman–Crippen LogP) is 4.54. The summed E-state index contributed by atoms with van der Waals surface area (Å²) in [5.74, 6) is 0. The van der Waals surface area contributed by atoms with Crippen molar-refractivity contribution in [1.82, 2.24) is 9.90 Å². The number of hydrogen-bond donors (Lipinski definition) is 1. The van der Waals surface area contributed by atoms with Gasteiger partial charge in [-0.1, -0.05) is 9.39 Å². The molecular formula is C18H45IN4O4P3+. The van der Waals surface area contributed by atoms with E-state index < -0.39 is 22.6 Å². The van der Waals surface area contributed by atoms with Gasteiger partial charge >= 0.3 is 0 Å². The average Bonchev–Trinajstić information content (AvgIpc) is 2.55. The molecular weight excluding hydrogens is 556 g/mol. The topological polar surface area (TPSA) is 61.7 Å². The van der Waals surface area contributed by atoms with E-state index in [1.807, 2.05) is 87.8 Å². The highest BCUT2D eigenvalue weighted by molar-refractivity contribution is 14.2. The van der Waals surface area contributed by atoms with Gasteiger partial charge in [-0.2, -0.15) is 4.84 Å². The van der Waals surface area contributed by atoms with E-state index >= 15 is 0 Å². The van der Waals surface area contributed by atoms with Crippen molar-refractivity contribution in [1.29, 1.82) is 0 Å². The van der Waals surface area contributed by atoms with Crippen molar-refractivity contribution in [3.63, 3.8) is 0 Å². The minimum absolute atomic E-state index is 0.120. The maximum absolute atomic E-state index is 13.2. The van der Waals surface area contributed by atoms with Crippen LogP contribution < -0.4 is 5.06 Å². The van der Waals surface area contributed by atoms with Gasteiger partial charge in [0, 0.05) is 49.7 Å². The molecule has 1 N–H and O–H groups in total. The fourth-order valence-corrected chi connectivity index (χ4v) is 6.26. The third kappa shape index (κ3) is 7.61. The summed E-state index contributed by atoms with van der Waals surface area (Å²) in [5.41, 5.74) is -3.25. The summed E-state index contributed by atoms with van der Waals surface area (Å²) in [6.07, 6.45) is 0.351. The molecule has 182 valence electrons. The summed E-state index contributed by atoms with van der Waals surface area (Å²) in [4.78, 5) is 18.4. The minimum Gasteiger partial charge on any atom is -0.633 e. The lowest BCUT2D eigenvalue weighted by molar-refractivity contribution is -0.980. The Hall–Kier alpha value is 1.70. The fraction of sp³-hybridized carbons (Fsp3) is 1.00. The van der Waals surface area contributed by atoms with Gasteiger partial charge < -0.3 is 10.3 Å². The first kappa shape index (κ1) is 31.7. The zero-order chi connectivity index (χ0) is 24.6. The number of halogens is 1. The molecule has 0 bridgehead atoms. The molecule has 0 saturated heterocycles. The predicted molar refractivity (Wildman–Crippen MR) is 141 cm³/mol. The number of nitrogens with one attached hydrogen (secondary N) is 1. The summed E-state index contributed by atoms with van der Waals surface area (Å²) < 4.78 is 2.05. The monoisotopic (exact) mass is 601 g/mol. The highest BCUT2D eigenvalue weighted by Crippen LogP contribution is 2.52. The second-order valence-corrected chi connectivity index (χ2v) is 15.0. The average molecular weight is 601 g/mol. The Morgan fingerprint density at radius 2 is 1.40 bits per heavy atom. The number of quaternary nitrogens is 2. The second kappa shape index (κ2) is 10.5. The van der Waals surface area contributed by atoms with Crippen LogP contribution in [0.3, 0.4) is 0 Å². The molecule has 0 rings (SSSR count). The Bertz CT molecular complexity index is 571. The molecule has 0 aliphatic rings. The van der Waals surface area contributed by atoms with Crippen molar-refractivity contribution in [3.05, 3.63) is 5.21 Å². The SMILES string of the molecule is CON(OC(C)(C)[N+](P)(OC(C)(C)C)PI)C(C)(C)N(P)C(C)(C)[NH+]([O-])C(C)(C)C. The number of hydroxylamine groups is 5. The Morgan fingerprint density at radius 1 is 0.967 bits per heavy atom. The second-order valence-electron chi connectivity index (χ2n) is 10.9. The van der Waals surface area contributed by atoms with Crippen LogP contribution in [0.25, 0.3) is 0 Å². The molecule has 5 unspecified atom stereocenters. The maximum Gasteiger partial charge on any atom is 0.250 e. The van der Waals surface area contributed by atoms with Gasteiger partial charge in [-0.25, -0.2) is 9.51 Å². The van der Waals surface area contributed by atoms with Crippen molar-refractivity contribution in [2.24, 2.45) is 0 Å². The van der Waals surface area contributed by atoms with Crippen molar-refractivity contribution < 1.29 is 23.8 Å². The van der Waals surface area contributed by atoms with Crippen molar-refractivity contribution in [3.8, 4) is 0 Å². The van der Waals surface area contributed by atoms with E-state index in [1.54, 1.807) is 7.11 Å². The van der Waals surface area contributed by atoms with Crippen molar-refractivity contribution >= 4 is 47.2 Å². The van der Waals surface area contributed by atoms with Gasteiger partial charge in [0.1, 0.15) is 20.7 Å². The van der Waals surface area contributed by atoms with E-state index in [2.05, 4.69) is 40.8 Å². The van der Waals surface area contributed by atoms with E-state index in [9.17, 15) is 5.21 Å². The van der Waals surface area contributed by atoms with Gasteiger partial charge in [0.25, 0.3) is 0 Å². The number of rotatable bonds is 10. The highest BCUT2D eigenvalue weighted by atomic mass is 127. The summed E-state index contributed by atoms with van der Waals surface area (Å²) in [7, 11) is 7.02. The van der Waals surface area contributed by atoms with Crippen molar-refractivity contribution in [2.75, 3.05) is 7.11 Å². The lowest BCUT2D eigenvalue weighted by Gasteiger charge is -2.56. The molecule has 12 heteroatoms. The molecule has 30 heavy (non-hydrogen) atoms. The molecule has 0 aromatic carbocycles. The van der Waals surface area contributed by atoms with Crippen LogP contribution in [0.4, 0.5) is 0 Å². The first-order valence-corrected chi connectivity index (χ1v) is 15.0. The van der Waals surface area contributed by atoms with E-state index in [-0.39, 0.29) is 14.9 Å². The Balaban J connectivity index is 5.96. The Morgan fingerprint density at radius 3 is 1.70 bits per heavy atom. The molecule has 0 aliphatic heterocycles. The lowest BCUT2D eigenvalue weighted by atomic mass is 10.0. The van der Waals surface area contributed by atoms with Crippen LogP contribution in [0.2, 0.25) is 0 Å². The van der Waals surface area contributed by atoms with E-state index in [0.717, 1.165) is 0 Å². The van der Waals surface area contributed by atoms with Crippen LogP contribution in [0, 0.1) is 5.21 Å². The lowest BCUT2D eigenvalue weighted by Crippen LogP contribution is -3.23. The third-order valence-electron chi connectivity index (χ3n) is 4.69.